The van der Waals surface area contributed by atoms with Crippen LogP contribution in [0.4, 0.5) is 11.6 Å². The Morgan fingerprint density at radius 2 is 1.58 bits per heavy atom. The number of amides is 1. The zero-order chi connectivity index (χ0) is 21.4. The van der Waals surface area contributed by atoms with Crippen LogP contribution < -0.4 is 9.62 Å². The van der Waals surface area contributed by atoms with Crippen LogP contribution in [0.1, 0.15) is 16.8 Å². The first-order valence-corrected chi connectivity index (χ1v) is 11.6. The van der Waals surface area contributed by atoms with Gasteiger partial charge in [0.05, 0.1) is 22.5 Å². The Bertz CT molecular complexity index is 1360. The minimum Gasteiger partial charge on any atom is -0.292 e. The van der Waals surface area contributed by atoms with Gasteiger partial charge in [0.2, 0.25) is 16.0 Å². The van der Waals surface area contributed by atoms with Crippen LogP contribution >= 0.6 is 0 Å². The number of sulfonamides is 1. The van der Waals surface area contributed by atoms with Crippen molar-refractivity contribution in [2.75, 3.05) is 21.9 Å². The van der Waals surface area contributed by atoms with Crippen molar-refractivity contribution in [2.24, 2.45) is 0 Å². The van der Waals surface area contributed by atoms with E-state index >= 15 is 0 Å². The van der Waals surface area contributed by atoms with E-state index in [1.807, 2.05) is 59.2 Å². The van der Waals surface area contributed by atoms with Crippen molar-refractivity contribution in [3.05, 3.63) is 84.4 Å². The Morgan fingerprint density at radius 1 is 0.871 bits per heavy atom. The molecule has 8 heteroatoms. The van der Waals surface area contributed by atoms with E-state index in [0.29, 0.717) is 30.2 Å². The van der Waals surface area contributed by atoms with Crippen molar-refractivity contribution in [2.45, 2.75) is 6.42 Å². The normalized spacial score (nSPS) is 15.3. The summed E-state index contributed by atoms with van der Waals surface area (Å²) in [7, 11) is -3.25. The summed E-state index contributed by atoms with van der Waals surface area (Å²) >= 11 is 0. The number of imidazole rings is 1. The molecule has 0 atom stereocenters. The van der Waals surface area contributed by atoms with Gasteiger partial charge >= 0.3 is 0 Å². The predicted molar refractivity (Wildman–Crippen MR) is 121 cm³/mol. The van der Waals surface area contributed by atoms with Gasteiger partial charge in [-0.2, -0.15) is 0 Å². The molecule has 0 unspecified atom stereocenters. The third kappa shape index (κ3) is 3.55. The molecular formula is C23H20N4O3S. The highest BCUT2D eigenvalue weighted by Crippen LogP contribution is 2.26. The monoisotopic (exact) mass is 432 g/mol. The minimum absolute atomic E-state index is 0.158. The number of para-hydroxylation sites is 3. The van der Waals surface area contributed by atoms with Crippen molar-refractivity contribution >= 4 is 38.6 Å². The SMILES string of the molecule is O=C(Nc1nc2ccccc2n1-c1ccccc1)c1ccc(N2CCCS2(=O)=O)cc1. The second-order valence-corrected chi connectivity index (χ2v) is 9.35. The van der Waals surface area contributed by atoms with Gasteiger partial charge in [-0.25, -0.2) is 13.4 Å². The molecule has 5 rings (SSSR count). The third-order valence-electron chi connectivity index (χ3n) is 5.32. The maximum atomic E-state index is 12.9. The fourth-order valence-corrected chi connectivity index (χ4v) is 5.40. The van der Waals surface area contributed by atoms with E-state index in [4.69, 9.17) is 0 Å². The molecule has 0 saturated carbocycles. The van der Waals surface area contributed by atoms with E-state index in [2.05, 4.69) is 10.3 Å². The molecule has 3 aromatic carbocycles. The van der Waals surface area contributed by atoms with Crippen molar-refractivity contribution in [1.29, 1.82) is 0 Å². The predicted octanol–water partition coefficient (Wildman–Crippen LogP) is 3.82. The summed E-state index contributed by atoms with van der Waals surface area (Å²) in [5.41, 5.74) is 3.55. The fraction of sp³-hybridized carbons (Fsp3) is 0.130. The lowest BCUT2D eigenvalue weighted by molar-refractivity contribution is 0.102. The molecule has 0 aliphatic carbocycles. The van der Waals surface area contributed by atoms with E-state index < -0.39 is 10.0 Å². The van der Waals surface area contributed by atoms with Gasteiger partial charge < -0.3 is 0 Å². The van der Waals surface area contributed by atoms with Crippen LogP contribution in [-0.2, 0) is 10.0 Å². The molecule has 7 nitrogen and oxygen atoms in total. The second-order valence-electron chi connectivity index (χ2n) is 7.34. The van der Waals surface area contributed by atoms with Gasteiger partial charge in [-0.15, -0.1) is 0 Å². The minimum atomic E-state index is -3.25. The summed E-state index contributed by atoms with van der Waals surface area (Å²) in [6, 6.07) is 24.0. The van der Waals surface area contributed by atoms with Crippen molar-refractivity contribution < 1.29 is 13.2 Å². The van der Waals surface area contributed by atoms with Crippen molar-refractivity contribution in [1.82, 2.24) is 9.55 Å². The maximum Gasteiger partial charge on any atom is 0.257 e. The lowest BCUT2D eigenvalue weighted by Crippen LogP contribution is -2.25. The Morgan fingerprint density at radius 3 is 2.29 bits per heavy atom. The summed E-state index contributed by atoms with van der Waals surface area (Å²) in [4.78, 5) is 17.5. The molecule has 0 radical (unpaired) electrons. The van der Waals surface area contributed by atoms with Gasteiger partial charge in [0.25, 0.3) is 5.91 Å². The summed E-state index contributed by atoms with van der Waals surface area (Å²) in [5, 5.41) is 2.90. The number of rotatable bonds is 4. The molecule has 156 valence electrons. The first kappa shape index (κ1) is 19.3. The van der Waals surface area contributed by atoms with Gasteiger partial charge in [-0.05, 0) is 55.0 Å². The molecule has 1 saturated heterocycles. The summed E-state index contributed by atoms with van der Waals surface area (Å²) in [6.07, 6.45) is 0.611. The molecule has 1 amide bonds. The average Bonchev–Trinajstić information content (AvgIpc) is 3.33. The number of hydrogen-bond acceptors (Lipinski definition) is 4. The lowest BCUT2D eigenvalue weighted by atomic mass is 10.2. The van der Waals surface area contributed by atoms with E-state index in [1.54, 1.807) is 24.3 Å². The fourth-order valence-electron chi connectivity index (χ4n) is 3.83. The summed E-state index contributed by atoms with van der Waals surface area (Å²) < 4.78 is 27.5. The third-order valence-corrected chi connectivity index (χ3v) is 7.19. The van der Waals surface area contributed by atoms with Crippen LogP contribution in [0, 0.1) is 0 Å². The highest BCUT2D eigenvalue weighted by Gasteiger charge is 2.28. The summed E-state index contributed by atoms with van der Waals surface area (Å²) in [6.45, 7) is 0.467. The number of hydrogen-bond donors (Lipinski definition) is 1. The van der Waals surface area contributed by atoms with E-state index in [1.165, 1.54) is 4.31 Å². The first-order chi connectivity index (χ1) is 15.0. The molecule has 31 heavy (non-hydrogen) atoms. The number of anilines is 2. The molecule has 1 aliphatic heterocycles. The topological polar surface area (TPSA) is 84.3 Å². The van der Waals surface area contributed by atoms with Gasteiger partial charge in [0, 0.05) is 17.8 Å². The van der Waals surface area contributed by atoms with Crippen LogP contribution in [0.2, 0.25) is 0 Å². The first-order valence-electron chi connectivity index (χ1n) is 9.98. The average molecular weight is 433 g/mol. The molecule has 1 fully saturated rings. The molecule has 2 heterocycles. The van der Waals surface area contributed by atoms with Crippen LogP contribution in [0.15, 0.2) is 78.9 Å². The quantitative estimate of drug-likeness (QED) is 0.531. The maximum absolute atomic E-state index is 12.9. The van der Waals surface area contributed by atoms with E-state index in [9.17, 15) is 13.2 Å². The number of nitrogens with one attached hydrogen (secondary N) is 1. The van der Waals surface area contributed by atoms with Crippen molar-refractivity contribution in [3.63, 3.8) is 0 Å². The number of carbonyl (C=O) groups excluding carboxylic acids is 1. The van der Waals surface area contributed by atoms with Crippen molar-refractivity contribution in [3.8, 4) is 5.69 Å². The number of nitrogens with zero attached hydrogens (tertiary/aromatic N) is 3. The Labute approximate surface area is 180 Å². The molecule has 4 aromatic rings. The largest absolute Gasteiger partial charge is 0.292 e. The molecular weight excluding hydrogens is 412 g/mol. The molecule has 1 N–H and O–H groups in total. The smallest absolute Gasteiger partial charge is 0.257 e. The molecule has 0 spiro atoms. The van der Waals surface area contributed by atoms with Crippen LogP contribution in [0.25, 0.3) is 16.7 Å². The molecule has 0 bridgehead atoms. The van der Waals surface area contributed by atoms with Gasteiger partial charge in [0.15, 0.2) is 0 Å². The number of fused-ring (bicyclic) bond motifs is 1. The molecule has 1 aromatic heterocycles. The molecule has 1 aliphatic rings. The highest BCUT2D eigenvalue weighted by molar-refractivity contribution is 7.93. The lowest BCUT2D eigenvalue weighted by Gasteiger charge is -2.17. The van der Waals surface area contributed by atoms with Crippen LogP contribution in [0.3, 0.4) is 0 Å². The highest BCUT2D eigenvalue weighted by atomic mass is 32.2. The van der Waals surface area contributed by atoms with E-state index in [-0.39, 0.29) is 11.7 Å². The number of aromatic nitrogens is 2. The van der Waals surface area contributed by atoms with Gasteiger partial charge in [0.1, 0.15) is 0 Å². The van der Waals surface area contributed by atoms with Crippen LogP contribution in [0.5, 0.6) is 0 Å². The Kier molecular flexibility index (Phi) is 4.71. The zero-order valence-electron chi connectivity index (χ0n) is 16.6. The standard InChI is InChI=1S/C23H20N4O3S/c28-22(17-11-13-18(14-12-17)26-15-6-16-31(26,29)30)25-23-24-20-9-4-5-10-21(20)27(23)19-7-2-1-3-8-19/h1-5,7-14H,6,15-16H2,(H,24,25,28). The Balaban J connectivity index is 1.46. The van der Waals surface area contributed by atoms with E-state index in [0.717, 1.165) is 16.7 Å². The zero-order valence-corrected chi connectivity index (χ0v) is 17.4. The number of carbonyl (C=O) groups is 1. The number of benzene rings is 3. The van der Waals surface area contributed by atoms with Crippen LogP contribution in [-0.4, -0.2) is 36.2 Å². The second kappa shape index (κ2) is 7.55. The Hall–Kier alpha value is -3.65. The van der Waals surface area contributed by atoms with Gasteiger partial charge in [-0.1, -0.05) is 30.3 Å². The van der Waals surface area contributed by atoms with Gasteiger partial charge in [-0.3, -0.25) is 19.0 Å². The summed E-state index contributed by atoms with van der Waals surface area (Å²) in [5.74, 6) is 0.261.